The van der Waals surface area contributed by atoms with E-state index in [0.717, 1.165) is 0 Å². The van der Waals surface area contributed by atoms with Gasteiger partial charge in [-0.05, 0) is 12.8 Å². The van der Waals surface area contributed by atoms with E-state index in [4.69, 9.17) is 9.66 Å². The number of aliphatic hydroxyl groups excluding tert-OH is 1. The predicted molar refractivity (Wildman–Crippen MR) is 41.1 cm³/mol. The summed E-state index contributed by atoms with van der Waals surface area (Å²) in [6.07, 6.45) is 0.256. The Hall–Kier alpha value is -0.130. The highest BCUT2D eigenvalue weighted by Crippen LogP contribution is 2.17. The monoisotopic (exact) mass is 181 g/mol. The number of rotatable bonds is 4. The first-order valence-corrected chi connectivity index (χ1v) is 4.94. The fourth-order valence-electron chi connectivity index (χ4n) is 0.846. The second kappa shape index (κ2) is 4.04. The van der Waals surface area contributed by atoms with Gasteiger partial charge in [0.15, 0.2) is 0 Å². The van der Waals surface area contributed by atoms with E-state index in [9.17, 15) is 8.42 Å². The zero-order chi connectivity index (χ0) is 9.07. The molecule has 5 heteroatoms. The summed E-state index contributed by atoms with van der Waals surface area (Å²) in [7, 11) is -4.11. The van der Waals surface area contributed by atoms with E-state index in [1.54, 1.807) is 13.8 Å². The fourth-order valence-corrected chi connectivity index (χ4v) is 1.78. The molecule has 11 heavy (non-hydrogen) atoms. The van der Waals surface area contributed by atoms with Gasteiger partial charge in [0.05, 0.1) is 0 Å². The van der Waals surface area contributed by atoms with Gasteiger partial charge in [0.1, 0.15) is 11.4 Å². The summed E-state index contributed by atoms with van der Waals surface area (Å²) in [6, 6.07) is 0. The third-order valence-corrected chi connectivity index (χ3v) is 2.79. The molecule has 0 aliphatic rings. The third kappa shape index (κ3) is 3.18. The molecule has 0 amide bonds. The van der Waals surface area contributed by atoms with Crippen LogP contribution in [0.5, 0.6) is 0 Å². The second-order valence-corrected chi connectivity index (χ2v) is 3.86. The lowest BCUT2D eigenvalue weighted by atomic mass is 10.1. The zero-order valence-corrected chi connectivity index (χ0v) is 7.43. The van der Waals surface area contributed by atoms with Gasteiger partial charge in [-0.1, -0.05) is 13.8 Å². The number of hydrogen-bond donors (Lipinski definition) is 2. The molecule has 4 nitrogen and oxygen atoms in total. The van der Waals surface area contributed by atoms with E-state index in [1.165, 1.54) is 0 Å². The first-order chi connectivity index (χ1) is 4.93. The molecule has 2 N–H and O–H groups in total. The average molecular weight is 181 g/mol. The Kier molecular flexibility index (Phi) is 3.99. The molecule has 0 fully saturated rings. The Bertz CT molecular complexity index is 197. The molecule has 0 heterocycles. The van der Waals surface area contributed by atoms with Gasteiger partial charge in [-0.25, -0.2) is 0 Å². The van der Waals surface area contributed by atoms with Crippen LogP contribution in [0, 0.1) is 6.10 Å². The maximum Gasteiger partial charge on any atom is 0.270 e. The minimum atomic E-state index is -4.11. The van der Waals surface area contributed by atoms with Crippen LogP contribution in [0.3, 0.4) is 0 Å². The third-order valence-electron chi connectivity index (χ3n) is 1.46. The molecular weight excluding hydrogens is 168 g/mol. The Labute approximate surface area is 67.0 Å². The molecular formula is C6H13O4S. The van der Waals surface area contributed by atoms with Crippen LogP contribution >= 0.6 is 0 Å². The van der Waals surface area contributed by atoms with Gasteiger partial charge in [0.2, 0.25) is 0 Å². The summed E-state index contributed by atoms with van der Waals surface area (Å²) in [6.45, 7) is 3.22. The molecule has 0 rings (SSSR count). The van der Waals surface area contributed by atoms with Crippen molar-refractivity contribution in [2.24, 2.45) is 0 Å². The average Bonchev–Trinajstić information content (AvgIpc) is 1.86. The van der Waals surface area contributed by atoms with Crippen molar-refractivity contribution in [2.75, 3.05) is 0 Å². The lowest BCUT2D eigenvalue weighted by Crippen LogP contribution is -2.26. The van der Waals surface area contributed by atoms with Crippen molar-refractivity contribution in [1.29, 1.82) is 0 Å². The normalized spacial score (nSPS) is 15.4. The molecule has 0 saturated heterocycles. The quantitative estimate of drug-likeness (QED) is 0.634. The summed E-state index contributed by atoms with van der Waals surface area (Å²) in [4.78, 5) is 0. The summed E-state index contributed by atoms with van der Waals surface area (Å²) in [5, 5.41) is 7.91. The van der Waals surface area contributed by atoms with Crippen molar-refractivity contribution in [1.82, 2.24) is 0 Å². The Balaban J connectivity index is 4.42. The molecule has 0 aromatic rings. The second-order valence-electron chi connectivity index (χ2n) is 2.26. The van der Waals surface area contributed by atoms with Crippen LogP contribution in [0.15, 0.2) is 0 Å². The van der Waals surface area contributed by atoms with Crippen molar-refractivity contribution in [3.8, 4) is 0 Å². The van der Waals surface area contributed by atoms with Crippen molar-refractivity contribution in [2.45, 2.75) is 31.9 Å². The van der Waals surface area contributed by atoms with Gasteiger partial charge in [0, 0.05) is 0 Å². The highest BCUT2D eigenvalue weighted by Gasteiger charge is 2.28. The molecule has 0 bridgehead atoms. The van der Waals surface area contributed by atoms with E-state index >= 15 is 0 Å². The van der Waals surface area contributed by atoms with Crippen molar-refractivity contribution >= 4 is 10.1 Å². The maximum atomic E-state index is 10.5. The first-order valence-electron chi connectivity index (χ1n) is 3.44. The molecule has 0 aromatic carbocycles. The summed E-state index contributed by atoms with van der Waals surface area (Å²) in [5.74, 6) is 0. The predicted octanol–water partition coefficient (Wildman–Crippen LogP) is 0.967. The van der Waals surface area contributed by atoms with E-state index in [-0.39, 0.29) is 18.9 Å². The van der Waals surface area contributed by atoms with E-state index in [2.05, 4.69) is 0 Å². The van der Waals surface area contributed by atoms with Crippen LogP contribution in [-0.2, 0) is 10.1 Å². The summed E-state index contributed by atoms with van der Waals surface area (Å²) in [5.41, 5.74) is 0. The highest BCUT2D eigenvalue weighted by atomic mass is 32.2. The Morgan fingerprint density at radius 3 is 2.00 bits per heavy atom. The zero-order valence-electron chi connectivity index (χ0n) is 6.61. The van der Waals surface area contributed by atoms with Crippen LogP contribution in [0.1, 0.15) is 26.7 Å². The maximum absolute atomic E-state index is 10.5. The lowest BCUT2D eigenvalue weighted by molar-refractivity contribution is 0.268. The largest absolute Gasteiger partial charge is 0.385 e. The molecule has 67 valence electrons. The van der Waals surface area contributed by atoms with E-state index in [0.29, 0.717) is 0 Å². The SMILES string of the molecule is CC[C](O)C(CC)S(=O)(=O)O. The standard InChI is InChI=1S/C6H13O4S/c1-3-5(7)6(4-2)11(8,9)10/h6-7H,3-4H2,1-2H3,(H,8,9,10). The molecule has 1 atom stereocenters. The Morgan fingerprint density at radius 1 is 1.45 bits per heavy atom. The number of hydrogen-bond acceptors (Lipinski definition) is 3. The van der Waals surface area contributed by atoms with Gasteiger partial charge >= 0.3 is 0 Å². The molecule has 1 unspecified atom stereocenters. The molecule has 0 aliphatic carbocycles. The minimum absolute atomic E-state index is 0.185. The smallest absolute Gasteiger partial charge is 0.270 e. The number of aliphatic hydroxyl groups is 1. The van der Waals surface area contributed by atoms with Gasteiger partial charge in [-0.2, -0.15) is 8.42 Å². The van der Waals surface area contributed by atoms with Gasteiger partial charge in [-0.15, -0.1) is 0 Å². The van der Waals surface area contributed by atoms with Crippen LogP contribution in [0.25, 0.3) is 0 Å². The van der Waals surface area contributed by atoms with Crippen LogP contribution in [0.4, 0.5) is 0 Å². The minimum Gasteiger partial charge on any atom is -0.385 e. The molecule has 0 aliphatic heterocycles. The molecule has 1 radical (unpaired) electrons. The van der Waals surface area contributed by atoms with E-state index in [1.807, 2.05) is 0 Å². The topological polar surface area (TPSA) is 74.6 Å². The van der Waals surface area contributed by atoms with Gasteiger partial charge in [-0.3, -0.25) is 4.55 Å². The van der Waals surface area contributed by atoms with Gasteiger partial charge in [0.25, 0.3) is 10.1 Å². The summed E-state index contributed by atoms with van der Waals surface area (Å²) >= 11 is 0. The molecule has 0 spiro atoms. The first kappa shape index (κ1) is 10.9. The van der Waals surface area contributed by atoms with Crippen LogP contribution in [0.2, 0.25) is 0 Å². The molecule has 0 aromatic heterocycles. The summed E-state index contributed by atoms with van der Waals surface area (Å²) < 4.78 is 29.6. The van der Waals surface area contributed by atoms with Crippen molar-refractivity contribution in [3.63, 3.8) is 0 Å². The fraction of sp³-hybridized carbons (Fsp3) is 0.833. The van der Waals surface area contributed by atoms with Crippen molar-refractivity contribution < 1.29 is 18.1 Å². The van der Waals surface area contributed by atoms with E-state index < -0.39 is 15.4 Å². The van der Waals surface area contributed by atoms with Gasteiger partial charge < -0.3 is 5.11 Å². The lowest BCUT2D eigenvalue weighted by Gasteiger charge is -2.15. The van der Waals surface area contributed by atoms with Crippen LogP contribution < -0.4 is 0 Å². The van der Waals surface area contributed by atoms with Crippen LogP contribution in [-0.4, -0.2) is 23.3 Å². The Morgan fingerprint density at radius 2 is 1.91 bits per heavy atom. The van der Waals surface area contributed by atoms with Crippen molar-refractivity contribution in [3.05, 3.63) is 6.10 Å². The molecule has 0 saturated carbocycles. The highest BCUT2D eigenvalue weighted by molar-refractivity contribution is 7.86.